The van der Waals surface area contributed by atoms with Crippen LogP contribution in [-0.2, 0) is 22.7 Å². The van der Waals surface area contributed by atoms with Gasteiger partial charge in [-0.15, -0.1) is 0 Å². The molecule has 0 heterocycles. The van der Waals surface area contributed by atoms with Gasteiger partial charge in [-0.1, -0.05) is 24.3 Å². The minimum Gasteiger partial charge on any atom is -0.380 e. The minimum absolute atomic E-state index is 0.366. The maximum absolute atomic E-state index is 11.1. The molecule has 2 amide bonds. The topological polar surface area (TPSA) is 59.6 Å². The van der Waals surface area contributed by atoms with Crippen molar-refractivity contribution in [3.8, 4) is 0 Å². The summed E-state index contributed by atoms with van der Waals surface area (Å²) in [7, 11) is 3.03. The lowest BCUT2D eigenvalue weighted by molar-refractivity contribution is 0.107. The number of ether oxygens (including phenoxy) is 1. The average molecular weight is 224 g/mol. The van der Waals surface area contributed by atoms with E-state index < -0.39 is 0 Å². The van der Waals surface area contributed by atoms with Crippen molar-refractivity contribution in [1.29, 1.82) is 0 Å². The van der Waals surface area contributed by atoms with Gasteiger partial charge in [-0.25, -0.2) is 10.3 Å². The Labute approximate surface area is 94.7 Å². The molecule has 88 valence electrons. The van der Waals surface area contributed by atoms with Crippen molar-refractivity contribution >= 4 is 6.03 Å². The number of hydroxylamine groups is 1. The predicted octanol–water partition coefficient (Wildman–Crippen LogP) is 1.19. The summed E-state index contributed by atoms with van der Waals surface area (Å²) >= 11 is 0. The van der Waals surface area contributed by atoms with Gasteiger partial charge in [0.25, 0.3) is 0 Å². The number of urea groups is 1. The van der Waals surface area contributed by atoms with Crippen LogP contribution < -0.4 is 10.8 Å². The maximum Gasteiger partial charge on any atom is 0.338 e. The van der Waals surface area contributed by atoms with E-state index in [0.717, 1.165) is 11.1 Å². The fraction of sp³-hybridized carbons (Fsp3) is 0.364. The van der Waals surface area contributed by atoms with Gasteiger partial charge in [-0.05, 0) is 11.1 Å². The number of benzene rings is 1. The first-order valence-electron chi connectivity index (χ1n) is 4.90. The molecule has 5 heteroatoms. The van der Waals surface area contributed by atoms with Gasteiger partial charge in [0.2, 0.25) is 0 Å². The normalized spacial score (nSPS) is 9.88. The van der Waals surface area contributed by atoms with Gasteiger partial charge in [0, 0.05) is 13.7 Å². The molecule has 0 aliphatic heterocycles. The second kappa shape index (κ2) is 6.81. The van der Waals surface area contributed by atoms with Crippen LogP contribution in [0.5, 0.6) is 0 Å². The third-order valence-corrected chi connectivity index (χ3v) is 2.05. The van der Waals surface area contributed by atoms with E-state index >= 15 is 0 Å². The summed E-state index contributed by atoms with van der Waals surface area (Å²) in [5, 5.41) is 2.67. The van der Waals surface area contributed by atoms with E-state index in [9.17, 15) is 4.79 Å². The highest BCUT2D eigenvalue weighted by atomic mass is 16.6. The molecule has 1 aromatic carbocycles. The van der Waals surface area contributed by atoms with E-state index in [1.54, 1.807) is 7.11 Å². The Morgan fingerprint density at radius 2 is 1.94 bits per heavy atom. The fourth-order valence-electron chi connectivity index (χ4n) is 1.33. The van der Waals surface area contributed by atoms with E-state index in [2.05, 4.69) is 15.6 Å². The summed E-state index contributed by atoms with van der Waals surface area (Å²) in [6.45, 7) is 0.971. The molecular weight excluding hydrogens is 208 g/mol. The number of rotatable bonds is 5. The van der Waals surface area contributed by atoms with Gasteiger partial charge < -0.3 is 10.1 Å². The van der Waals surface area contributed by atoms with Crippen molar-refractivity contribution in [1.82, 2.24) is 10.8 Å². The summed E-state index contributed by atoms with van der Waals surface area (Å²) in [6, 6.07) is 7.41. The van der Waals surface area contributed by atoms with Crippen molar-refractivity contribution < 1.29 is 14.4 Å². The van der Waals surface area contributed by atoms with Crippen molar-refractivity contribution in [2.75, 3.05) is 14.2 Å². The molecule has 1 rings (SSSR count). The Balaban J connectivity index is 2.55. The van der Waals surface area contributed by atoms with Gasteiger partial charge in [0.15, 0.2) is 0 Å². The average Bonchev–Trinajstić information content (AvgIpc) is 2.29. The Hall–Kier alpha value is -1.59. The highest BCUT2D eigenvalue weighted by Gasteiger charge is 2.03. The van der Waals surface area contributed by atoms with Crippen molar-refractivity contribution in [3.05, 3.63) is 35.4 Å². The van der Waals surface area contributed by atoms with Crippen molar-refractivity contribution in [2.45, 2.75) is 13.2 Å². The highest BCUT2D eigenvalue weighted by molar-refractivity contribution is 5.72. The molecule has 0 aliphatic rings. The maximum atomic E-state index is 11.1. The van der Waals surface area contributed by atoms with Gasteiger partial charge in [-0.2, -0.15) is 0 Å². The number of methoxy groups -OCH3 is 1. The molecule has 0 aromatic heterocycles. The zero-order chi connectivity index (χ0) is 11.8. The summed E-state index contributed by atoms with van der Waals surface area (Å²) in [6.07, 6.45) is 0. The van der Waals surface area contributed by atoms with E-state index in [1.165, 1.54) is 7.11 Å². The molecule has 0 unspecified atom stereocenters. The molecule has 0 saturated heterocycles. The zero-order valence-electron chi connectivity index (χ0n) is 9.45. The predicted molar refractivity (Wildman–Crippen MR) is 59.5 cm³/mol. The highest BCUT2D eigenvalue weighted by Crippen LogP contribution is 2.09. The summed E-state index contributed by atoms with van der Waals surface area (Å²) in [5.74, 6) is 0. The summed E-state index contributed by atoms with van der Waals surface area (Å²) in [5.41, 5.74) is 4.27. The summed E-state index contributed by atoms with van der Waals surface area (Å²) < 4.78 is 5.07. The third-order valence-electron chi connectivity index (χ3n) is 2.05. The Bertz CT molecular complexity index is 342. The van der Waals surface area contributed by atoms with Crippen molar-refractivity contribution in [2.24, 2.45) is 0 Å². The zero-order valence-corrected chi connectivity index (χ0v) is 9.45. The molecule has 0 fully saturated rings. The van der Waals surface area contributed by atoms with E-state index in [1.807, 2.05) is 24.3 Å². The lowest BCUT2D eigenvalue weighted by Gasteiger charge is -2.09. The Morgan fingerprint density at radius 1 is 1.25 bits per heavy atom. The first-order chi connectivity index (χ1) is 7.77. The van der Waals surface area contributed by atoms with Crippen LogP contribution >= 0.6 is 0 Å². The van der Waals surface area contributed by atoms with Gasteiger partial charge in [0.1, 0.15) is 0 Å². The molecule has 0 atom stereocenters. The Kier molecular flexibility index (Phi) is 5.31. The molecule has 1 aromatic rings. The second-order valence-electron chi connectivity index (χ2n) is 3.19. The number of carbonyl (C=O) groups is 1. The van der Waals surface area contributed by atoms with Crippen LogP contribution in [0.15, 0.2) is 24.3 Å². The fourth-order valence-corrected chi connectivity index (χ4v) is 1.33. The van der Waals surface area contributed by atoms with Crippen LogP contribution in [-0.4, -0.2) is 20.3 Å². The van der Waals surface area contributed by atoms with Crippen LogP contribution in [0.1, 0.15) is 11.1 Å². The largest absolute Gasteiger partial charge is 0.380 e. The van der Waals surface area contributed by atoms with Crippen molar-refractivity contribution in [3.63, 3.8) is 0 Å². The van der Waals surface area contributed by atoms with Gasteiger partial charge >= 0.3 is 6.03 Å². The summed E-state index contributed by atoms with van der Waals surface area (Å²) in [4.78, 5) is 15.6. The molecule has 0 aliphatic carbocycles. The molecular formula is C11H16N2O3. The van der Waals surface area contributed by atoms with Crippen LogP contribution in [0.25, 0.3) is 0 Å². The lowest BCUT2D eigenvalue weighted by Crippen LogP contribution is -2.34. The molecule has 5 nitrogen and oxygen atoms in total. The molecule has 16 heavy (non-hydrogen) atoms. The molecule has 0 spiro atoms. The molecule has 0 saturated carbocycles. The number of hydrogen-bond acceptors (Lipinski definition) is 3. The van der Waals surface area contributed by atoms with Crippen LogP contribution in [0.2, 0.25) is 0 Å². The lowest BCUT2D eigenvalue weighted by atomic mass is 10.1. The second-order valence-corrected chi connectivity index (χ2v) is 3.19. The minimum atomic E-state index is -0.366. The monoisotopic (exact) mass is 224 g/mol. The first kappa shape index (κ1) is 12.5. The third kappa shape index (κ3) is 3.88. The van der Waals surface area contributed by atoms with Crippen LogP contribution in [0.4, 0.5) is 4.79 Å². The van der Waals surface area contributed by atoms with Crippen LogP contribution in [0, 0.1) is 0 Å². The number of nitrogens with one attached hydrogen (secondary N) is 2. The Morgan fingerprint density at radius 3 is 2.56 bits per heavy atom. The smallest absolute Gasteiger partial charge is 0.338 e. The SMILES string of the molecule is COCc1ccccc1CNC(=O)NOC. The molecule has 0 bridgehead atoms. The molecule has 2 N–H and O–H groups in total. The van der Waals surface area contributed by atoms with Gasteiger partial charge in [0.05, 0.1) is 13.7 Å². The standard InChI is InChI=1S/C11H16N2O3/c1-15-8-10-6-4-3-5-9(10)7-12-11(14)13-16-2/h3-6H,7-8H2,1-2H3,(H2,12,13,14). The van der Waals surface area contributed by atoms with E-state index in [0.29, 0.717) is 13.2 Å². The number of amides is 2. The first-order valence-corrected chi connectivity index (χ1v) is 4.90. The number of carbonyl (C=O) groups excluding carboxylic acids is 1. The van der Waals surface area contributed by atoms with Crippen LogP contribution in [0.3, 0.4) is 0 Å². The van der Waals surface area contributed by atoms with E-state index in [-0.39, 0.29) is 6.03 Å². The van der Waals surface area contributed by atoms with E-state index in [4.69, 9.17) is 4.74 Å². The van der Waals surface area contributed by atoms with Gasteiger partial charge in [-0.3, -0.25) is 4.84 Å². The quantitative estimate of drug-likeness (QED) is 0.739. The number of hydrogen-bond donors (Lipinski definition) is 2. The molecule has 0 radical (unpaired) electrons.